The Labute approximate surface area is 143 Å². The number of imide groups is 1. The molecule has 2 aliphatic rings. The predicted molar refractivity (Wildman–Crippen MR) is 87.7 cm³/mol. The highest BCUT2D eigenvalue weighted by molar-refractivity contribution is 6.23. The van der Waals surface area contributed by atoms with Crippen LogP contribution in [0.2, 0.25) is 0 Å². The van der Waals surface area contributed by atoms with E-state index in [-0.39, 0.29) is 37.2 Å². The van der Waals surface area contributed by atoms with Gasteiger partial charge in [0.15, 0.2) is 0 Å². The first-order chi connectivity index (χ1) is 12.1. The molecule has 2 heterocycles. The normalized spacial score (nSPS) is 19.4. The Balaban J connectivity index is 1.71. The number of amides is 4. The second-order valence-corrected chi connectivity index (χ2v) is 5.50. The fourth-order valence-corrected chi connectivity index (χ4v) is 2.55. The van der Waals surface area contributed by atoms with Crippen LogP contribution in [-0.2, 0) is 20.9 Å². The number of urea groups is 1. The summed E-state index contributed by atoms with van der Waals surface area (Å²) in [6.45, 7) is 0.639. The molecule has 0 saturated heterocycles. The number of hydrogen-bond acceptors (Lipinski definition) is 5. The van der Waals surface area contributed by atoms with Crippen LogP contribution in [0, 0.1) is 5.92 Å². The monoisotopic (exact) mass is 343 g/mol. The van der Waals surface area contributed by atoms with E-state index in [0.29, 0.717) is 11.3 Å². The highest BCUT2D eigenvalue weighted by Gasteiger charge is 2.36. The number of carbonyl (C=O) groups excluding carboxylic acids is 3. The molecule has 0 radical (unpaired) electrons. The molecule has 1 aromatic heterocycles. The molecule has 8 heteroatoms. The van der Waals surface area contributed by atoms with E-state index in [1.807, 2.05) is 0 Å². The molecule has 3 rings (SSSR count). The number of ether oxygens (including phenoxy) is 1. The van der Waals surface area contributed by atoms with Crippen molar-refractivity contribution in [3.63, 3.8) is 0 Å². The summed E-state index contributed by atoms with van der Waals surface area (Å²) >= 11 is 0. The molecular formula is C17H17N3O5. The maximum absolute atomic E-state index is 12.4. The van der Waals surface area contributed by atoms with Gasteiger partial charge in [-0.1, -0.05) is 12.2 Å². The van der Waals surface area contributed by atoms with E-state index in [2.05, 4.69) is 10.3 Å². The summed E-state index contributed by atoms with van der Waals surface area (Å²) in [5, 5.41) is 2.71. The van der Waals surface area contributed by atoms with Crippen LogP contribution >= 0.6 is 0 Å². The van der Waals surface area contributed by atoms with E-state index < -0.39 is 11.9 Å². The Kier molecular flexibility index (Phi) is 4.90. The van der Waals surface area contributed by atoms with Gasteiger partial charge in [-0.25, -0.2) is 4.79 Å². The van der Waals surface area contributed by atoms with Gasteiger partial charge in [0.2, 0.25) is 5.91 Å². The average molecular weight is 343 g/mol. The van der Waals surface area contributed by atoms with Gasteiger partial charge in [0.1, 0.15) is 5.76 Å². The van der Waals surface area contributed by atoms with E-state index in [4.69, 9.17) is 9.15 Å². The maximum atomic E-state index is 12.4. The van der Waals surface area contributed by atoms with E-state index in [9.17, 15) is 14.4 Å². The van der Waals surface area contributed by atoms with Crippen LogP contribution in [0.1, 0.15) is 5.76 Å². The number of furan rings is 1. The standard InChI is InChI=1S/C17H17N3O5/c1-24-8-6-20-16(22)13-5-4-11(9-14(13)19-17(20)23)15(21)18-10-12-3-2-7-25-12/h2-5,7,9,13H,6,8,10H2,1H3,(H,18,21). The second kappa shape index (κ2) is 7.27. The summed E-state index contributed by atoms with van der Waals surface area (Å²) in [7, 11) is 1.49. The van der Waals surface area contributed by atoms with Crippen molar-refractivity contribution >= 4 is 23.6 Å². The molecule has 0 bridgehead atoms. The molecule has 8 nitrogen and oxygen atoms in total. The number of hydrogen-bond donors (Lipinski definition) is 1. The van der Waals surface area contributed by atoms with Gasteiger partial charge in [0.05, 0.1) is 37.6 Å². The Hall–Kier alpha value is -3.00. The average Bonchev–Trinajstić information content (AvgIpc) is 3.12. The summed E-state index contributed by atoms with van der Waals surface area (Å²) in [6.07, 6.45) is 6.12. The van der Waals surface area contributed by atoms with E-state index in [1.165, 1.54) is 19.4 Å². The van der Waals surface area contributed by atoms with Crippen LogP contribution < -0.4 is 5.32 Å². The van der Waals surface area contributed by atoms with Crippen molar-refractivity contribution in [2.24, 2.45) is 10.9 Å². The highest BCUT2D eigenvalue weighted by Crippen LogP contribution is 2.22. The lowest BCUT2D eigenvalue weighted by Gasteiger charge is -2.28. The molecular weight excluding hydrogens is 326 g/mol. The molecule has 1 N–H and O–H groups in total. The summed E-state index contributed by atoms with van der Waals surface area (Å²) < 4.78 is 10.0. The number of methoxy groups -OCH3 is 1. The molecule has 0 aromatic carbocycles. The maximum Gasteiger partial charge on any atom is 0.350 e. The Morgan fingerprint density at radius 2 is 2.28 bits per heavy atom. The Morgan fingerprint density at radius 1 is 1.44 bits per heavy atom. The van der Waals surface area contributed by atoms with Crippen LogP contribution in [0.5, 0.6) is 0 Å². The van der Waals surface area contributed by atoms with Crippen LogP contribution in [0.25, 0.3) is 0 Å². The van der Waals surface area contributed by atoms with Gasteiger partial charge in [0.25, 0.3) is 5.91 Å². The van der Waals surface area contributed by atoms with Gasteiger partial charge in [-0.05, 0) is 18.2 Å². The molecule has 1 aromatic rings. The molecule has 0 fully saturated rings. The highest BCUT2D eigenvalue weighted by atomic mass is 16.5. The lowest BCUT2D eigenvalue weighted by molar-refractivity contribution is -0.130. The SMILES string of the molecule is COCCN1C(=O)N=C2C=C(C(=O)NCc3ccco3)C=CC2C1=O. The van der Waals surface area contributed by atoms with Gasteiger partial charge < -0.3 is 14.5 Å². The number of nitrogens with zero attached hydrogens (tertiary/aromatic N) is 2. The van der Waals surface area contributed by atoms with Gasteiger partial charge in [-0.15, -0.1) is 0 Å². The summed E-state index contributed by atoms with van der Waals surface area (Å²) in [6, 6.07) is 2.84. The second-order valence-electron chi connectivity index (χ2n) is 5.50. The summed E-state index contributed by atoms with van der Waals surface area (Å²) in [4.78, 5) is 41.6. The minimum Gasteiger partial charge on any atom is -0.467 e. The fraction of sp³-hybridized carbons (Fsp3) is 0.294. The molecule has 0 saturated carbocycles. The third-order valence-electron chi connectivity index (χ3n) is 3.86. The molecule has 0 spiro atoms. The fourth-order valence-electron chi connectivity index (χ4n) is 2.55. The number of aliphatic imine (C=N–C) groups is 1. The van der Waals surface area contributed by atoms with Gasteiger partial charge in [0, 0.05) is 12.7 Å². The minimum atomic E-state index is -0.656. The number of carbonyl (C=O) groups is 3. The first kappa shape index (κ1) is 16.8. The molecule has 25 heavy (non-hydrogen) atoms. The van der Waals surface area contributed by atoms with Crippen molar-refractivity contribution in [3.8, 4) is 0 Å². The molecule has 4 amide bonds. The van der Waals surface area contributed by atoms with Gasteiger partial charge in [-0.2, -0.15) is 4.99 Å². The van der Waals surface area contributed by atoms with E-state index in [0.717, 1.165) is 4.90 Å². The Morgan fingerprint density at radius 3 is 3.00 bits per heavy atom. The van der Waals surface area contributed by atoms with Gasteiger partial charge in [-0.3, -0.25) is 14.5 Å². The molecule has 1 unspecified atom stereocenters. The largest absolute Gasteiger partial charge is 0.467 e. The number of nitrogens with one attached hydrogen (secondary N) is 1. The third-order valence-corrected chi connectivity index (χ3v) is 3.86. The summed E-state index contributed by atoms with van der Waals surface area (Å²) in [5.74, 6) is -0.734. The van der Waals surface area contributed by atoms with Crippen LogP contribution in [0.4, 0.5) is 4.79 Å². The lowest BCUT2D eigenvalue weighted by atomic mass is 9.91. The first-order valence-corrected chi connectivity index (χ1v) is 7.73. The minimum absolute atomic E-state index is 0.148. The smallest absolute Gasteiger partial charge is 0.350 e. The number of fused-ring (bicyclic) bond motifs is 1. The molecule has 1 aliphatic heterocycles. The zero-order chi connectivity index (χ0) is 17.8. The zero-order valence-corrected chi connectivity index (χ0v) is 13.6. The van der Waals surface area contributed by atoms with Crippen molar-refractivity contribution in [3.05, 3.63) is 48.0 Å². The number of rotatable bonds is 6. The van der Waals surface area contributed by atoms with Crippen molar-refractivity contribution in [1.29, 1.82) is 0 Å². The van der Waals surface area contributed by atoms with E-state index >= 15 is 0 Å². The van der Waals surface area contributed by atoms with Crippen LogP contribution in [-0.4, -0.2) is 48.7 Å². The zero-order valence-electron chi connectivity index (χ0n) is 13.6. The van der Waals surface area contributed by atoms with Crippen molar-refractivity contribution in [2.75, 3.05) is 20.3 Å². The quantitative estimate of drug-likeness (QED) is 0.832. The third kappa shape index (κ3) is 3.58. The Bertz CT molecular complexity index is 776. The van der Waals surface area contributed by atoms with E-state index in [1.54, 1.807) is 24.3 Å². The predicted octanol–water partition coefficient (Wildman–Crippen LogP) is 1.06. The molecule has 130 valence electrons. The number of allylic oxidation sites excluding steroid dienone is 1. The molecule has 1 aliphatic carbocycles. The lowest BCUT2D eigenvalue weighted by Crippen LogP contribution is -2.47. The first-order valence-electron chi connectivity index (χ1n) is 7.73. The summed E-state index contributed by atoms with van der Waals surface area (Å²) in [5.41, 5.74) is 0.599. The molecule has 1 atom stereocenters. The van der Waals surface area contributed by atoms with Crippen LogP contribution in [0.15, 0.2) is 51.6 Å². The van der Waals surface area contributed by atoms with Crippen molar-refractivity contribution < 1.29 is 23.5 Å². The van der Waals surface area contributed by atoms with Crippen molar-refractivity contribution in [1.82, 2.24) is 10.2 Å². The van der Waals surface area contributed by atoms with Crippen LogP contribution in [0.3, 0.4) is 0 Å². The van der Waals surface area contributed by atoms with Crippen molar-refractivity contribution in [2.45, 2.75) is 6.54 Å². The van der Waals surface area contributed by atoms with Gasteiger partial charge >= 0.3 is 6.03 Å². The topological polar surface area (TPSA) is 101 Å².